The van der Waals surface area contributed by atoms with Crippen LogP contribution in [0.2, 0.25) is 5.02 Å². The number of unbranched alkanes of at least 4 members (excludes halogenated alkanes) is 3. The fourth-order valence-electron chi connectivity index (χ4n) is 1.95. The quantitative estimate of drug-likeness (QED) is 0.322. The highest BCUT2D eigenvalue weighted by molar-refractivity contribution is 6.34. The molecule has 1 rings (SSSR count). The van der Waals surface area contributed by atoms with Gasteiger partial charge in [0.2, 0.25) is 0 Å². The lowest BCUT2D eigenvalue weighted by Crippen LogP contribution is -2.24. The molecule has 0 radical (unpaired) electrons. The number of halogens is 1. The number of methoxy groups -OCH3 is 1. The maximum Gasteiger partial charge on any atom is 0.305 e. The second-order valence-corrected chi connectivity index (χ2v) is 5.32. The number of hydrogen-bond donors (Lipinski definition) is 1. The molecule has 0 unspecified atom stereocenters. The van der Waals surface area contributed by atoms with Gasteiger partial charge in [-0.15, -0.1) is 0 Å². The molecule has 0 aromatic heterocycles. The molecule has 1 aromatic rings. The number of amides is 1. The first-order valence-electron chi connectivity index (χ1n) is 7.24. The number of hydrogen-bond acceptors (Lipinski definition) is 5. The average Bonchev–Trinajstić information content (AvgIpc) is 2.53. The van der Waals surface area contributed by atoms with Gasteiger partial charge < -0.3 is 10.1 Å². The summed E-state index contributed by atoms with van der Waals surface area (Å²) in [5.74, 6) is -0.578. The van der Waals surface area contributed by atoms with Gasteiger partial charge in [0.05, 0.1) is 22.6 Å². The Labute approximate surface area is 139 Å². The summed E-state index contributed by atoms with van der Waals surface area (Å²) in [5, 5.41) is 13.4. The Hall–Kier alpha value is -2.15. The molecule has 126 valence electrons. The molecule has 1 N–H and O–H groups in total. The fraction of sp³-hybridized carbons (Fsp3) is 0.467. The monoisotopic (exact) mass is 342 g/mol. The van der Waals surface area contributed by atoms with E-state index in [2.05, 4.69) is 10.1 Å². The number of nitrogens with zero attached hydrogens (tertiary/aromatic N) is 1. The zero-order chi connectivity index (χ0) is 17.2. The number of benzene rings is 1. The zero-order valence-corrected chi connectivity index (χ0v) is 13.6. The maximum absolute atomic E-state index is 11.9. The van der Waals surface area contributed by atoms with Crippen molar-refractivity contribution in [1.29, 1.82) is 0 Å². The van der Waals surface area contributed by atoms with Crippen molar-refractivity contribution in [3.8, 4) is 0 Å². The van der Waals surface area contributed by atoms with Gasteiger partial charge in [0.15, 0.2) is 0 Å². The van der Waals surface area contributed by atoms with Crippen LogP contribution in [0, 0.1) is 10.1 Å². The van der Waals surface area contributed by atoms with Gasteiger partial charge in [0.1, 0.15) is 0 Å². The summed E-state index contributed by atoms with van der Waals surface area (Å²) >= 11 is 5.88. The Morgan fingerprint density at radius 2 is 1.96 bits per heavy atom. The molecule has 0 heterocycles. The lowest BCUT2D eigenvalue weighted by molar-refractivity contribution is -0.384. The molecule has 0 atom stereocenters. The first-order chi connectivity index (χ1) is 11.0. The van der Waals surface area contributed by atoms with Crippen LogP contribution in [0.3, 0.4) is 0 Å². The van der Waals surface area contributed by atoms with Crippen molar-refractivity contribution in [2.45, 2.75) is 32.1 Å². The third kappa shape index (κ3) is 6.65. The normalized spacial score (nSPS) is 10.2. The summed E-state index contributed by atoms with van der Waals surface area (Å²) in [5.41, 5.74) is 0.0557. The summed E-state index contributed by atoms with van der Waals surface area (Å²) in [7, 11) is 1.36. The van der Waals surface area contributed by atoms with E-state index < -0.39 is 4.92 Å². The summed E-state index contributed by atoms with van der Waals surface area (Å²) in [6.45, 7) is 0.477. The van der Waals surface area contributed by atoms with Gasteiger partial charge in [-0.1, -0.05) is 24.4 Å². The minimum atomic E-state index is -0.568. The number of carbonyl (C=O) groups is 2. The molecular weight excluding hydrogens is 324 g/mol. The average molecular weight is 343 g/mol. The third-order valence-corrected chi connectivity index (χ3v) is 3.54. The highest BCUT2D eigenvalue weighted by Crippen LogP contribution is 2.22. The zero-order valence-electron chi connectivity index (χ0n) is 12.8. The van der Waals surface area contributed by atoms with Crippen LogP contribution in [0.15, 0.2) is 18.2 Å². The first kappa shape index (κ1) is 18.9. The maximum atomic E-state index is 11.9. The van der Waals surface area contributed by atoms with Crippen LogP contribution >= 0.6 is 11.6 Å². The SMILES string of the molecule is COC(=O)CCCCCCNC(=O)c1ccc([N+](=O)[O-])cc1Cl. The van der Waals surface area contributed by atoms with E-state index in [0.717, 1.165) is 31.7 Å². The van der Waals surface area contributed by atoms with Crippen molar-refractivity contribution in [2.24, 2.45) is 0 Å². The van der Waals surface area contributed by atoms with Crippen LogP contribution in [0.25, 0.3) is 0 Å². The number of nitro benzene ring substituents is 1. The van der Waals surface area contributed by atoms with Gasteiger partial charge in [-0.3, -0.25) is 19.7 Å². The third-order valence-electron chi connectivity index (χ3n) is 3.23. The summed E-state index contributed by atoms with van der Waals surface area (Å²) in [6.07, 6.45) is 3.70. The largest absolute Gasteiger partial charge is 0.469 e. The van der Waals surface area contributed by atoms with Crippen molar-refractivity contribution in [1.82, 2.24) is 5.32 Å². The molecule has 1 aromatic carbocycles. The number of nitrogens with one attached hydrogen (secondary N) is 1. The van der Waals surface area contributed by atoms with Gasteiger partial charge in [-0.05, 0) is 18.9 Å². The minimum Gasteiger partial charge on any atom is -0.469 e. The predicted octanol–water partition coefficient (Wildman–Crippen LogP) is 3.10. The van der Waals surface area contributed by atoms with Gasteiger partial charge in [-0.25, -0.2) is 0 Å². The lowest BCUT2D eigenvalue weighted by atomic mass is 10.1. The highest BCUT2D eigenvalue weighted by atomic mass is 35.5. The molecule has 8 heteroatoms. The Bertz CT molecular complexity index is 577. The molecule has 0 saturated carbocycles. The highest BCUT2D eigenvalue weighted by Gasteiger charge is 2.14. The van der Waals surface area contributed by atoms with Crippen LogP contribution in [-0.2, 0) is 9.53 Å². The second-order valence-electron chi connectivity index (χ2n) is 4.92. The van der Waals surface area contributed by atoms with Crippen molar-refractivity contribution in [2.75, 3.05) is 13.7 Å². The van der Waals surface area contributed by atoms with E-state index in [-0.39, 0.29) is 28.1 Å². The molecule has 0 saturated heterocycles. The smallest absolute Gasteiger partial charge is 0.305 e. The standard InChI is InChI=1S/C15H19ClN2O5/c1-23-14(19)6-4-2-3-5-9-17-15(20)12-8-7-11(18(21)22)10-13(12)16/h7-8,10H,2-6,9H2,1H3,(H,17,20). The summed E-state index contributed by atoms with van der Waals surface area (Å²) in [6, 6.07) is 3.74. The fourth-order valence-corrected chi connectivity index (χ4v) is 2.21. The van der Waals surface area contributed by atoms with Gasteiger partial charge >= 0.3 is 5.97 Å². The Morgan fingerprint density at radius 3 is 2.57 bits per heavy atom. The van der Waals surface area contributed by atoms with E-state index in [1.54, 1.807) is 0 Å². The Morgan fingerprint density at radius 1 is 1.26 bits per heavy atom. The van der Waals surface area contributed by atoms with E-state index in [4.69, 9.17) is 11.6 Å². The summed E-state index contributed by atoms with van der Waals surface area (Å²) in [4.78, 5) is 32.9. The van der Waals surface area contributed by atoms with E-state index >= 15 is 0 Å². The Balaban J connectivity index is 2.29. The number of non-ortho nitro benzene ring substituents is 1. The molecule has 0 bridgehead atoms. The molecule has 0 aliphatic rings. The lowest BCUT2D eigenvalue weighted by Gasteiger charge is -2.06. The van der Waals surface area contributed by atoms with Crippen molar-refractivity contribution >= 4 is 29.2 Å². The van der Waals surface area contributed by atoms with Crippen LogP contribution in [-0.4, -0.2) is 30.5 Å². The van der Waals surface area contributed by atoms with E-state index in [1.807, 2.05) is 0 Å². The molecule has 1 amide bonds. The van der Waals surface area contributed by atoms with Crippen LogP contribution in [0.4, 0.5) is 5.69 Å². The van der Waals surface area contributed by atoms with Crippen molar-refractivity contribution in [3.63, 3.8) is 0 Å². The molecule has 23 heavy (non-hydrogen) atoms. The second kappa shape index (κ2) is 9.78. The van der Waals surface area contributed by atoms with Crippen LogP contribution in [0.5, 0.6) is 0 Å². The van der Waals surface area contributed by atoms with E-state index in [9.17, 15) is 19.7 Å². The minimum absolute atomic E-state index is 0.0507. The predicted molar refractivity (Wildman–Crippen MR) is 85.5 cm³/mol. The van der Waals surface area contributed by atoms with Crippen LogP contribution in [0.1, 0.15) is 42.5 Å². The van der Waals surface area contributed by atoms with Crippen molar-refractivity contribution < 1.29 is 19.2 Å². The first-order valence-corrected chi connectivity index (χ1v) is 7.62. The number of nitro groups is 1. The molecule has 0 spiro atoms. The molecule has 7 nitrogen and oxygen atoms in total. The molecule has 0 fully saturated rings. The van der Waals surface area contributed by atoms with E-state index in [1.165, 1.54) is 19.2 Å². The number of rotatable bonds is 9. The van der Waals surface area contributed by atoms with Gasteiger partial charge in [0.25, 0.3) is 11.6 Å². The van der Waals surface area contributed by atoms with Crippen molar-refractivity contribution in [3.05, 3.63) is 38.9 Å². The Kier molecular flexibility index (Phi) is 8.04. The molecule has 0 aliphatic carbocycles. The number of carbonyl (C=O) groups excluding carboxylic acids is 2. The number of ether oxygens (including phenoxy) is 1. The topological polar surface area (TPSA) is 98.5 Å². The van der Waals surface area contributed by atoms with Gasteiger partial charge in [-0.2, -0.15) is 0 Å². The van der Waals surface area contributed by atoms with Crippen LogP contribution < -0.4 is 5.32 Å². The van der Waals surface area contributed by atoms with Gasteiger partial charge in [0, 0.05) is 25.1 Å². The molecular formula is C15H19ClN2O5. The number of esters is 1. The molecule has 0 aliphatic heterocycles. The summed E-state index contributed by atoms with van der Waals surface area (Å²) < 4.78 is 4.54. The van der Waals surface area contributed by atoms with E-state index in [0.29, 0.717) is 13.0 Å².